The monoisotopic (exact) mass is 436 g/mol. The highest BCUT2D eigenvalue weighted by molar-refractivity contribution is 6.35. The van der Waals surface area contributed by atoms with E-state index in [1.165, 1.54) is 4.90 Å². The van der Waals surface area contributed by atoms with Gasteiger partial charge in [-0.05, 0) is 51.5 Å². The van der Waals surface area contributed by atoms with Crippen LogP contribution >= 0.6 is 23.2 Å². The van der Waals surface area contributed by atoms with Crippen LogP contribution in [0.3, 0.4) is 0 Å². The van der Waals surface area contributed by atoms with E-state index in [2.05, 4.69) is 5.32 Å². The maximum Gasteiger partial charge on any atom is 0.261 e. The molecule has 2 amide bonds. The second-order valence-electron chi connectivity index (χ2n) is 7.21. The molecule has 1 N–H and O–H groups in total. The van der Waals surface area contributed by atoms with Gasteiger partial charge in [0.25, 0.3) is 5.91 Å². The lowest BCUT2D eigenvalue weighted by atomic mass is 10.1. The Morgan fingerprint density at radius 2 is 1.83 bits per heavy atom. The van der Waals surface area contributed by atoms with Crippen molar-refractivity contribution in [1.82, 2.24) is 10.2 Å². The first-order chi connectivity index (χ1) is 13.7. The van der Waals surface area contributed by atoms with Crippen molar-refractivity contribution in [3.8, 4) is 5.75 Å². The lowest BCUT2D eigenvalue weighted by Gasteiger charge is -2.29. The minimum absolute atomic E-state index is 0.0232. The van der Waals surface area contributed by atoms with Crippen LogP contribution < -0.4 is 10.1 Å². The van der Waals surface area contributed by atoms with Crippen LogP contribution in [0, 0.1) is 6.92 Å². The molecule has 0 fully saturated rings. The van der Waals surface area contributed by atoms with E-state index in [4.69, 9.17) is 27.9 Å². The van der Waals surface area contributed by atoms with Gasteiger partial charge in [0.2, 0.25) is 5.91 Å². The van der Waals surface area contributed by atoms with E-state index in [0.29, 0.717) is 22.3 Å². The molecule has 5 nitrogen and oxygen atoms in total. The number of carbonyl (C=O) groups is 2. The SMILES string of the molecule is Cc1cccc(CN(C(=O)COc2ccc(Cl)cc2Cl)[C@H](C)C(=O)NC(C)C)c1. The lowest BCUT2D eigenvalue weighted by Crippen LogP contribution is -2.50. The van der Waals surface area contributed by atoms with Gasteiger partial charge < -0.3 is 15.0 Å². The molecule has 0 spiro atoms. The van der Waals surface area contributed by atoms with Crippen molar-refractivity contribution in [3.63, 3.8) is 0 Å². The Kier molecular flexibility index (Phi) is 8.35. The summed E-state index contributed by atoms with van der Waals surface area (Å²) >= 11 is 12.0. The molecule has 2 aromatic rings. The number of halogens is 2. The molecule has 0 heterocycles. The van der Waals surface area contributed by atoms with Crippen LogP contribution in [-0.4, -0.2) is 35.4 Å². The molecule has 0 radical (unpaired) electrons. The summed E-state index contributed by atoms with van der Waals surface area (Å²) in [6, 6.07) is 11.9. The number of rotatable bonds is 8. The van der Waals surface area contributed by atoms with Gasteiger partial charge in [0.1, 0.15) is 11.8 Å². The Balaban J connectivity index is 2.17. The van der Waals surface area contributed by atoms with Crippen LogP contribution in [0.15, 0.2) is 42.5 Å². The summed E-state index contributed by atoms with van der Waals surface area (Å²) in [5.41, 5.74) is 2.02. The fourth-order valence-electron chi connectivity index (χ4n) is 2.81. The molecule has 7 heteroatoms. The molecule has 0 saturated heterocycles. The molecule has 1 atom stereocenters. The maximum absolute atomic E-state index is 13.0. The van der Waals surface area contributed by atoms with Gasteiger partial charge in [-0.15, -0.1) is 0 Å². The first kappa shape index (κ1) is 23.0. The highest BCUT2D eigenvalue weighted by atomic mass is 35.5. The Bertz CT molecular complexity index is 871. The van der Waals surface area contributed by atoms with E-state index in [0.717, 1.165) is 11.1 Å². The van der Waals surface area contributed by atoms with Crippen LogP contribution in [0.4, 0.5) is 0 Å². The molecule has 0 aliphatic carbocycles. The molecular formula is C22H26Cl2N2O3. The molecule has 0 aromatic heterocycles. The largest absolute Gasteiger partial charge is 0.482 e. The first-order valence-corrected chi connectivity index (χ1v) is 10.2. The van der Waals surface area contributed by atoms with Gasteiger partial charge in [-0.2, -0.15) is 0 Å². The van der Waals surface area contributed by atoms with Crippen LogP contribution in [0.25, 0.3) is 0 Å². The number of nitrogens with zero attached hydrogens (tertiary/aromatic N) is 1. The minimum Gasteiger partial charge on any atom is -0.482 e. The van der Waals surface area contributed by atoms with Gasteiger partial charge >= 0.3 is 0 Å². The molecule has 0 aliphatic rings. The second kappa shape index (κ2) is 10.5. The number of hydrogen-bond acceptors (Lipinski definition) is 3. The molecule has 0 unspecified atom stereocenters. The summed E-state index contributed by atoms with van der Waals surface area (Å²) in [5, 5.41) is 3.66. The summed E-state index contributed by atoms with van der Waals surface area (Å²) in [7, 11) is 0. The standard InChI is InChI=1S/C22H26Cl2N2O3/c1-14(2)25-22(28)16(4)26(12-17-7-5-6-15(3)10-17)21(27)13-29-20-9-8-18(23)11-19(20)24/h5-11,14,16H,12-13H2,1-4H3,(H,25,28)/t16-/m1/s1. The molecule has 2 rings (SSSR count). The third-order valence-electron chi connectivity index (χ3n) is 4.28. The number of aryl methyl sites for hydroxylation is 1. The zero-order chi connectivity index (χ0) is 21.6. The van der Waals surface area contributed by atoms with E-state index < -0.39 is 6.04 Å². The predicted octanol–water partition coefficient (Wildman–Crippen LogP) is 4.62. The van der Waals surface area contributed by atoms with Crippen molar-refractivity contribution >= 4 is 35.0 Å². The summed E-state index contributed by atoms with van der Waals surface area (Å²) < 4.78 is 5.59. The quantitative estimate of drug-likeness (QED) is 0.656. The predicted molar refractivity (Wildman–Crippen MR) is 116 cm³/mol. The maximum atomic E-state index is 13.0. The van der Waals surface area contributed by atoms with Gasteiger partial charge in [0.15, 0.2) is 6.61 Å². The summed E-state index contributed by atoms with van der Waals surface area (Å²) in [5.74, 6) is -0.173. The molecular weight excluding hydrogens is 411 g/mol. The smallest absolute Gasteiger partial charge is 0.261 e. The number of hydrogen-bond donors (Lipinski definition) is 1. The van der Waals surface area contributed by atoms with Gasteiger partial charge in [-0.1, -0.05) is 53.0 Å². The van der Waals surface area contributed by atoms with Crippen molar-refractivity contribution in [2.24, 2.45) is 0 Å². The third kappa shape index (κ3) is 6.94. The highest BCUT2D eigenvalue weighted by Crippen LogP contribution is 2.27. The number of nitrogens with one attached hydrogen (secondary N) is 1. The molecule has 156 valence electrons. The van der Waals surface area contributed by atoms with E-state index in [1.54, 1.807) is 25.1 Å². The summed E-state index contributed by atoms with van der Waals surface area (Å²) in [4.78, 5) is 27.0. The number of ether oxygens (including phenoxy) is 1. The molecule has 0 aliphatic heterocycles. The van der Waals surface area contributed by atoms with Gasteiger partial charge in [-0.3, -0.25) is 9.59 Å². The topological polar surface area (TPSA) is 58.6 Å². The van der Waals surface area contributed by atoms with E-state index >= 15 is 0 Å². The molecule has 29 heavy (non-hydrogen) atoms. The fraction of sp³-hybridized carbons (Fsp3) is 0.364. The van der Waals surface area contributed by atoms with Crippen molar-refractivity contribution in [3.05, 3.63) is 63.6 Å². The number of amides is 2. The van der Waals surface area contributed by atoms with Gasteiger partial charge in [-0.25, -0.2) is 0 Å². The Hall–Kier alpha value is -2.24. The van der Waals surface area contributed by atoms with Crippen molar-refractivity contribution in [2.45, 2.75) is 46.3 Å². The Morgan fingerprint density at radius 3 is 2.45 bits per heavy atom. The molecule has 0 bridgehead atoms. The molecule has 0 saturated carbocycles. The number of benzene rings is 2. The second-order valence-corrected chi connectivity index (χ2v) is 8.06. The van der Waals surface area contributed by atoms with Crippen LogP contribution in [-0.2, 0) is 16.1 Å². The van der Waals surface area contributed by atoms with E-state index in [-0.39, 0.29) is 24.5 Å². The zero-order valence-corrected chi connectivity index (χ0v) is 18.6. The zero-order valence-electron chi connectivity index (χ0n) is 17.0. The van der Waals surface area contributed by atoms with E-state index in [9.17, 15) is 9.59 Å². The fourth-order valence-corrected chi connectivity index (χ4v) is 3.27. The van der Waals surface area contributed by atoms with Gasteiger partial charge in [0, 0.05) is 17.6 Å². The molecule has 2 aromatic carbocycles. The van der Waals surface area contributed by atoms with Crippen molar-refractivity contribution in [1.29, 1.82) is 0 Å². The van der Waals surface area contributed by atoms with Crippen LogP contribution in [0.5, 0.6) is 5.75 Å². The average Bonchev–Trinajstić information content (AvgIpc) is 2.64. The van der Waals surface area contributed by atoms with Crippen molar-refractivity contribution < 1.29 is 14.3 Å². The first-order valence-electron chi connectivity index (χ1n) is 9.40. The average molecular weight is 437 g/mol. The normalized spacial score (nSPS) is 11.8. The van der Waals surface area contributed by atoms with Crippen molar-refractivity contribution in [2.75, 3.05) is 6.61 Å². The van der Waals surface area contributed by atoms with Crippen LogP contribution in [0.2, 0.25) is 10.0 Å². The summed E-state index contributed by atoms with van der Waals surface area (Å²) in [6.45, 7) is 7.50. The van der Waals surface area contributed by atoms with Gasteiger partial charge in [0.05, 0.1) is 5.02 Å². The lowest BCUT2D eigenvalue weighted by molar-refractivity contribution is -0.142. The number of carbonyl (C=O) groups excluding carboxylic acids is 2. The van der Waals surface area contributed by atoms with Crippen LogP contribution in [0.1, 0.15) is 31.9 Å². The van der Waals surface area contributed by atoms with E-state index in [1.807, 2.05) is 45.0 Å². The summed E-state index contributed by atoms with van der Waals surface area (Å²) in [6.07, 6.45) is 0. The minimum atomic E-state index is -0.658. The third-order valence-corrected chi connectivity index (χ3v) is 4.81. The Labute approximate surface area is 181 Å². The Morgan fingerprint density at radius 1 is 1.10 bits per heavy atom. The highest BCUT2D eigenvalue weighted by Gasteiger charge is 2.27.